The van der Waals surface area contributed by atoms with Gasteiger partial charge in [-0.3, -0.25) is 4.79 Å². The molecule has 12 heteroatoms. The number of ether oxygens (including phenoxy) is 2. The van der Waals surface area contributed by atoms with Crippen LogP contribution in [0, 0.1) is 11.7 Å². The topological polar surface area (TPSA) is 97.5 Å². The standard InChI is InChI=1S/C28H42F2N4O4SSi/c1-26(2,3)38-25(36)34(18-37-13-14-40(6,7)8)24-32-28(17-29,20-15-19(31)9-10-21(20)30)22-16-27(22,39-24)12-11-23(35)33(4)5/h9-12,15,22H,13-14,16-18,31H2,1-8H3/b12-11+/t22?,27-,28+/m0/s1. The van der Waals surface area contributed by atoms with Crippen molar-refractivity contribution in [3.05, 3.63) is 41.7 Å². The second kappa shape index (κ2) is 11.8. The number of nitrogen functional groups attached to an aromatic ring is 1. The van der Waals surface area contributed by atoms with Gasteiger partial charge in [-0.2, -0.15) is 0 Å². The Hall–Kier alpha value is -2.44. The summed E-state index contributed by atoms with van der Waals surface area (Å²) in [6, 6.07) is 4.87. The van der Waals surface area contributed by atoms with E-state index < -0.39 is 48.5 Å². The molecule has 222 valence electrons. The fourth-order valence-electron chi connectivity index (χ4n) is 4.44. The van der Waals surface area contributed by atoms with Crippen LogP contribution < -0.4 is 5.73 Å². The Morgan fingerprint density at radius 3 is 2.52 bits per heavy atom. The molecule has 0 spiro atoms. The summed E-state index contributed by atoms with van der Waals surface area (Å²) in [5.41, 5.74) is 3.79. The summed E-state index contributed by atoms with van der Waals surface area (Å²) in [6.45, 7) is 11.1. The third-order valence-corrected chi connectivity index (χ3v) is 9.94. The van der Waals surface area contributed by atoms with E-state index in [2.05, 4.69) is 19.6 Å². The van der Waals surface area contributed by atoms with Gasteiger partial charge < -0.3 is 20.1 Å². The van der Waals surface area contributed by atoms with Gasteiger partial charge in [0.05, 0.1) is 0 Å². The number of fused-ring (bicyclic) bond motifs is 1. The SMILES string of the molecule is CN(C)C(=O)/C=C/[C@]12CC1[C@@](CF)(c1cc(N)ccc1F)N=C(N(COCC[Si](C)(C)C)C(=O)OC(C)(C)C)S2. The molecule has 1 aromatic carbocycles. The lowest BCUT2D eigenvalue weighted by Crippen LogP contribution is -2.47. The highest BCUT2D eigenvalue weighted by atomic mass is 32.2. The average Bonchev–Trinajstić information content (AvgIpc) is 3.56. The van der Waals surface area contributed by atoms with Crippen molar-refractivity contribution in [1.29, 1.82) is 0 Å². The first-order valence-electron chi connectivity index (χ1n) is 13.3. The molecule has 8 nitrogen and oxygen atoms in total. The van der Waals surface area contributed by atoms with Crippen molar-refractivity contribution in [3.63, 3.8) is 0 Å². The summed E-state index contributed by atoms with van der Waals surface area (Å²) in [7, 11) is 1.85. The maximum Gasteiger partial charge on any atom is 0.418 e. The van der Waals surface area contributed by atoms with E-state index in [1.54, 1.807) is 40.9 Å². The summed E-state index contributed by atoms with van der Waals surface area (Å²) in [6.07, 6.45) is 2.85. The highest BCUT2D eigenvalue weighted by molar-refractivity contribution is 8.15. The monoisotopic (exact) mass is 596 g/mol. The number of likely N-dealkylation sites (N-methyl/N-ethyl adjacent to an activating group) is 1. The van der Waals surface area contributed by atoms with Gasteiger partial charge in [0.25, 0.3) is 0 Å². The van der Waals surface area contributed by atoms with Crippen molar-refractivity contribution < 1.29 is 27.8 Å². The predicted octanol–water partition coefficient (Wildman–Crippen LogP) is 5.63. The maximum absolute atomic E-state index is 15.3. The van der Waals surface area contributed by atoms with Crippen molar-refractivity contribution in [2.24, 2.45) is 10.9 Å². The minimum atomic E-state index is -1.66. The predicted molar refractivity (Wildman–Crippen MR) is 159 cm³/mol. The number of aliphatic imine (C=N–C) groups is 1. The van der Waals surface area contributed by atoms with E-state index in [0.717, 1.165) is 6.04 Å². The number of carbonyl (C=O) groups is 2. The second-order valence-electron chi connectivity index (χ2n) is 12.8. The Bertz CT molecular complexity index is 1180. The molecule has 2 amide bonds. The highest BCUT2D eigenvalue weighted by Crippen LogP contribution is 2.67. The summed E-state index contributed by atoms with van der Waals surface area (Å²) in [4.78, 5) is 33.3. The summed E-state index contributed by atoms with van der Waals surface area (Å²) in [5, 5.41) is 0.137. The number of halogens is 2. The Morgan fingerprint density at radius 2 is 1.95 bits per heavy atom. The van der Waals surface area contributed by atoms with E-state index in [-0.39, 0.29) is 29.1 Å². The lowest BCUT2D eigenvalue weighted by atomic mass is 9.84. The van der Waals surface area contributed by atoms with Crippen LogP contribution in [0.5, 0.6) is 0 Å². The largest absolute Gasteiger partial charge is 0.443 e. The fourth-order valence-corrected chi connectivity index (χ4v) is 6.70. The lowest BCUT2D eigenvalue weighted by molar-refractivity contribution is -0.123. The third-order valence-electron chi connectivity index (χ3n) is 6.78. The van der Waals surface area contributed by atoms with Crippen molar-refractivity contribution in [2.75, 3.05) is 39.8 Å². The van der Waals surface area contributed by atoms with Crippen LogP contribution in [0.25, 0.3) is 0 Å². The number of alkyl halides is 1. The quantitative estimate of drug-likeness (QED) is 0.131. The molecule has 0 aromatic heterocycles. The van der Waals surface area contributed by atoms with Crippen LogP contribution in [-0.4, -0.2) is 79.5 Å². The fraction of sp³-hybridized carbons (Fsp3) is 0.607. The van der Waals surface area contributed by atoms with E-state index in [9.17, 15) is 9.59 Å². The van der Waals surface area contributed by atoms with Crippen LogP contribution >= 0.6 is 11.8 Å². The van der Waals surface area contributed by atoms with Gasteiger partial charge in [0.1, 0.15) is 30.4 Å². The number of amidine groups is 1. The highest BCUT2D eigenvalue weighted by Gasteiger charge is 2.68. The molecule has 1 aliphatic carbocycles. The van der Waals surface area contributed by atoms with E-state index in [4.69, 9.17) is 20.2 Å². The summed E-state index contributed by atoms with van der Waals surface area (Å²) >= 11 is 1.24. The number of thioether (sulfide) groups is 1. The number of hydrogen-bond acceptors (Lipinski definition) is 7. The molecule has 2 N–H and O–H groups in total. The Labute approximate surface area is 241 Å². The number of carbonyl (C=O) groups excluding carboxylic acids is 2. The van der Waals surface area contributed by atoms with E-state index >= 15 is 8.78 Å². The van der Waals surface area contributed by atoms with Gasteiger partial charge >= 0.3 is 6.09 Å². The molecule has 40 heavy (non-hydrogen) atoms. The van der Waals surface area contributed by atoms with Crippen molar-refractivity contribution in [3.8, 4) is 0 Å². The molecular weight excluding hydrogens is 554 g/mol. The molecule has 1 fully saturated rings. The van der Waals surface area contributed by atoms with E-state index in [1.165, 1.54) is 45.8 Å². The Balaban J connectivity index is 2.11. The molecule has 1 aromatic rings. The first kappa shape index (κ1) is 32.1. The molecule has 1 aliphatic heterocycles. The number of nitrogens with two attached hydrogens (primary N) is 1. The zero-order valence-electron chi connectivity index (χ0n) is 24.7. The lowest BCUT2D eigenvalue weighted by Gasteiger charge is -2.38. The molecule has 0 bridgehead atoms. The minimum Gasteiger partial charge on any atom is -0.443 e. The summed E-state index contributed by atoms with van der Waals surface area (Å²) < 4.78 is 41.3. The first-order chi connectivity index (χ1) is 18.4. The first-order valence-corrected chi connectivity index (χ1v) is 17.8. The van der Waals surface area contributed by atoms with Crippen LogP contribution in [0.3, 0.4) is 0 Å². The number of anilines is 1. The van der Waals surface area contributed by atoms with Gasteiger partial charge in [-0.1, -0.05) is 37.5 Å². The molecule has 0 saturated heterocycles. The number of nitrogens with zero attached hydrogens (tertiary/aromatic N) is 3. The van der Waals surface area contributed by atoms with Crippen LogP contribution in [0.1, 0.15) is 32.8 Å². The van der Waals surface area contributed by atoms with Gasteiger partial charge in [-0.25, -0.2) is 23.5 Å². The number of hydrogen-bond donors (Lipinski definition) is 1. The third kappa shape index (κ3) is 7.44. The zero-order chi connectivity index (χ0) is 30.1. The smallest absolute Gasteiger partial charge is 0.418 e. The van der Waals surface area contributed by atoms with Crippen LogP contribution in [0.2, 0.25) is 25.7 Å². The molecular formula is C28H42F2N4O4SSi. The molecule has 3 rings (SSSR count). The van der Waals surface area contributed by atoms with Gasteiger partial charge in [0.15, 0.2) is 5.17 Å². The molecule has 2 aliphatic rings. The molecule has 3 atom stereocenters. The molecule has 0 radical (unpaired) electrons. The van der Waals surface area contributed by atoms with Crippen molar-refractivity contribution in [2.45, 2.75) is 68.8 Å². The van der Waals surface area contributed by atoms with Gasteiger partial charge in [0, 0.05) is 56.8 Å². The second-order valence-corrected chi connectivity index (χ2v) is 19.8. The van der Waals surface area contributed by atoms with Crippen molar-refractivity contribution >= 4 is 42.7 Å². The van der Waals surface area contributed by atoms with E-state index in [0.29, 0.717) is 13.0 Å². The van der Waals surface area contributed by atoms with E-state index in [1.807, 2.05) is 0 Å². The van der Waals surface area contributed by atoms with Crippen LogP contribution in [0.15, 0.2) is 35.3 Å². The molecule has 1 unspecified atom stereocenters. The Morgan fingerprint density at radius 1 is 1.27 bits per heavy atom. The van der Waals surface area contributed by atoms with Gasteiger partial charge in [-0.05, 0) is 51.4 Å². The zero-order valence-corrected chi connectivity index (χ0v) is 26.5. The molecule has 1 saturated carbocycles. The van der Waals surface area contributed by atoms with Crippen LogP contribution in [0.4, 0.5) is 19.3 Å². The van der Waals surface area contributed by atoms with Gasteiger partial charge in [0.2, 0.25) is 5.91 Å². The number of rotatable bonds is 9. The van der Waals surface area contributed by atoms with Crippen LogP contribution in [-0.2, 0) is 19.8 Å². The number of benzene rings is 1. The Kier molecular flexibility index (Phi) is 9.47. The normalized spacial score (nSPS) is 24.4. The van der Waals surface area contributed by atoms with Gasteiger partial charge in [-0.15, -0.1) is 0 Å². The average molecular weight is 597 g/mol. The molecule has 1 heterocycles. The maximum atomic E-state index is 15.3. The summed E-state index contributed by atoms with van der Waals surface area (Å²) in [5.74, 6) is -1.37. The number of amides is 2. The van der Waals surface area contributed by atoms with Crippen molar-refractivity contribution in [1.82, 2.24) is 9.80 Å². The minimum absolute atomic E-state index is 0.0100.